The number of benzene rings is 2. The molecule has 4 rings (SSSR count). The second-order valence-electron chi connectivity index (χ2n) is 6.26. The van der Waals surface area contributed by atoms with Gasteiger partial charge in [0.1, 0.15) is 0 Å². The minimum atomic E-state index is -0.411. The number of fused-ring (bicyclic) bond motifs is 2. The van der Waals surface area contributed by atoms with Crippen molar-refractivity contribution in [3.63, 3.8) is 0 Å². The molecule has 2 heterocycles. The van der Waals surface area contributed by atoms with E-state index in [4.69, 9.17) is 4.74 Å². The zero-order valence-electron chi connectivity index (χ0n) is 14.7. The summed E-state index contributed by atoms with van der Waals surface area (Å²) >= 11 is 0. The lowest BCUT2D eigenvalue weighted by molar-refractivity contribution is 0.0600. The molecule has 2 amide bonds. The van der Waals surface area contributed by atoms with Crippen LogP contribution in [0.4, 0.5) is 0 Å². The van der Waals surface area contributed by atoms with Crippen molar-refractivity contribution in [2.75, 3.05) is 13.7 Å². The van der Waals surface area contributed by atoms with Gasteiger partial charge in [0.2, 0.25) is 0 Å². The highest BCUT2D eigenvalue weighted by atomic mass is 16.5. The third kappa shape index (κ3) is 2.77. The maximum Gasteiger partial charge on any atom is 0.338 e. The summed E-state index contributed by atoms with van der Waals surface area (Å²) in [5.41, 5.74) is 2.17. The van der Waals surface area contributed by atoms with E-state index in [1.54, 1.807) is 47.3 Å². The van der Waals surface area contributed by atoms with Gasteiger partial charge in [0, 0.05) is 18.5 Å². The zero-order chi connectivity index (χ0) is 19.0. The summed E-state index contributed by atoms with van der Waals surface area (Å²) in [5, 5.41) is 5.05. The number of carbonyl (C=O) groups excluding carboxylic acids is 3. The Morgan fingerprint density at radius 3 is 2.37 bits per heavy atom. The van der Waals surface area contributed by atoms with E-state index in [9.17, 15) is 14.4 Å². The highest BCUT2D eigenvalue weighted by Gasteiger charge is 2.34. The van der Waals surface area contributed by atoms with Gasteiger partial charge in [0.05, 0.1) is 35.5 Å². The van der Waals surface area contributed by atoms with E-state index in [0.29, 0.717) is 41.6 Å². The average Bonchev–Trinajstić information content (AvgIpc) is 3.22. The molecular weight excluding hydrogens is 346 g/mol. The van der Waals surface area contributed by atoms with Crippen molar-refractivity contribution in [1.29, 1.82) is 0 Å². The lowest BCUT2D eigenvalue weighted by Crippen LogP contribution is -2.31. The first-order valence-corrected chi connectivity index (χ1v) is 8.60. The number of carbonyl (C=O) groups is 3. The van der Waals surface area contributed by atoms with Gasteiger partial charge in [0.15, 0.2) is 0 Å². The average molecular weight is 363 g/mol. The Labute approximate surface area is 155 Å². The molecule has 1 aliphatic heterocycles. The van der Waals surface area contributed by atoms with Crippen LogP contribution in [0, 0.1) is 0 Å². The normalized spacial score (nSPS) is 13.3. The molecule has 0 radical (unpaired) electrons. The fraction of sp³-hybridized carbons (Fsp3) is 0.200. The molecule has 7 nitrogen and oxygen atoms in total. The highest BCUT2D eigenvalue weighted by Crippen LogP contribution is 2.23. The molecule has 1 aliphatic rings. The minimum Gasteiger partial charge on any atom is -0.465 e. The first-order chi connectivity index (χ1) is 13.1. The van der Waals surface area contributed by atoms with E-state index >= 15 is 0 Å². The fourth-order valence-electron chi connectivity index (χ4n) is 3.39. The first-order valence-electron chi connectivity index (χ1n) is 8.60. The fourth-order valence-corrected chi connectivity index (χ4v) is 3.39. The minimum absolute atomic E-state index is 0.256. The van der Waals surface area contributed by atoms with Crippen LogP contribution >= 0.6 is 0 Å². The van der Waals surface area contributed by atoms with Crippen molar-refractivity contribution in [3.8, 4) is 0 Å². The van der Waals surface area contributed by atoms with Gasteiger partial charge in [-0.1, -0.05) is 18.2 Å². The molecule has 136 valence electrons. The third-order valence-corrected chi connectivity index (χ3v) is 4.72. The molecule has 0 fully saturated rings. The SMILES string of the molecule is COC(=O)c1cccc2c1cnn2CCCN1C(=O)c2ccccc2C1=O. The second-order valence-corrected chi connectivity index (χ2v) is 6.26. The Hall–Kier alpha value is -3.48. The molecule has 1 aromatic heterocycles. The summed E-state index contributed by atoms with van der Waals surface area (Å²) in [4.78, 5) is 37.9. The van der Waals surface area contributed by atoms with E-state index < -0.39 is 5.97 Å². The van der Waals surface area contributed by atoms with Crippen LogP contribution < -0.4 is 0 Å². The Balaban J connectivity index is 1.48. The smallest absolute Gasteiger partial charge is 0.338 e. The van der Waals surface area contributed by atoms with Gasteiger partial charge in [-0.3, -0.25) is 19.2 Å². The number of esters is 1. The van der Waals surface area contributed by atoms with E-state index in [-0.39, 0.29) is 11.8 Å². The van der Waals surface area contributed by atoms with E-state index in [0.717, 1.165) is 5.52 Å². The van der Waals surface area contributed by atoms with Gasteiger partial charge in [-0.25, -0.2) is 4.79 Å². The zero-order valence-corrected chi connectivity index (χ0v) is 14.7. The van der Waals surface area contributed by atoms with Crippen molar-refractivity contribution in [1.82, 2.24) is 14.7 Å². The summed E-state index contributed by atoms with van der Waals surface area (Å²) in [6.07, 6.45) is 2.19. The number of hydrogen-bond acceptors (Lipinski definition) is 5. The van der Waals surface area contributed by atoms with Crippen LogP contribution in [0.1, 0.15) is 37.5 Å². The molecule has 0 saturated carbocycles. The van der Waals surface area contributed by atoms with Crippen LogP contribution in [0.3, 0.4) is 0 Å². The molecule has 7 heteroatoms. The second kappa shape index (κ2) is 6.68. The quantitative estimate of drug-likeness (QED) is 0.514. The van der Waals surface area contributed by atoms with Gasteiger partial charge in [0.25, 0.3) is 11.8 Å². The first kappa shape index (κ1) is 17.0. The Morgan fingerprint density at radius 1 is 1.00 bits per heavy atom. The number of aromatic nitrogens is 2. The third-order valence-electron chi connectivity index (χ3n) is 4.72. The lowest BCUT2D eigenvalue weighted by Gasteiger charge is -2.13. The van der Waals surface area contributed by atoms with Crippen molar-refractivity contribution < 1.29 is 19.1 Å². The summed E-state index contributed by atoms with van der Waals surface area (Å²) in [6.45, 7) is 0.825. The summed E-state index contributed by atoms with van der Waals surface area (Å²) in [5.74, 6) is -0.922. The Morgan fingerprint density at radius 2 is 1.70 bits per heavy atom. The molecule has 0 N–H and O–H groups in total. The topological polar surface area (TPSA) is 81.5 Å². The van der Waals surface area contributed by atoms with Crippen LogP contribution in [0.25, 0.3) is 10.9 Å². The predicted octanol–water partition coefficient (Wildman–Crippen LogP) is 2.51. The number of aryl methyl sites for hydroxylation is 1. The molecule has 0 atom stereocenters. The van der Waals surface area contributed by atoms with Gasteiger partial charge in [-0.15, -0.1) is 0 Å². The molecule has 0 bridgehead atoms. The van der Waals surface area contributed by atoms with E-state index in [2.05, 4.69) is 5.10 Å². The van der Waals surface area contributed by atoms with Crippen molar-refractivity contribution in [2.45, 2.75) is 13.0 Å². The molecule has 27 heavy (non-hydrogen) atoms. The number of hydrogen-bond donors (Lipinski definition) is 0. The van der Waals surface area contributed by atoms with E-state index in [1.165, 1.54) is 12.0 Å². The highest BCUT2D eigenvalue weighted by molar-refractivity contribution is 6.21. The maximum absolute atomic E-state index is 12.4. The number of amides is 2. The van der Waals surface area contributed by atoms with Crippen molar-refractivity contribution in [3.05, 3.63) is 65.4 Å². The Bertz CT molecular complexity index is 1040. The standard InChI is InChI=1S/C20H17N3O4/c1-27-20(26)15-8-4-9-17-16(15)12-21-23(17)11-5-10-22-18(24)13-6-2-3-7-14(13)19(22)25/h2-4,6-9,12H,5,10-11H2,1H3. The maximum atomic E-state index is 12.4. The molecule has 0 spiro atoms. The van der Waals surface area contributed by atoms with Gasteiger partial charge >= 0.3 is 5.97 Å². The summed E-state index contributed by atoms with van der Waals surface area (Å²) in [7, 11) is 1.34. The summed E-state index contributed by atoms with van der Waals surface area (Å²) < 4.78 is 6.56. The molecule has 2 aromatic carbocycles. The molecule has 3 aromatic rings. The molecule has 0 aliphatic carbocycles. The number of methoxy groups -OCH3 is 1. The van der Waals surface area contributed by atoms with Crippen molar-refractivity contribution >= 4 is 28.7 Å². The Kier molecular flexibility index (Phi) is 4.19. The largest absolute Gasteiger partial charge is 0.465 e. The lowest BCUT2D eigenvalue weighted by atomic mass is 10.1. The van der Waals surface area contributed by atoms with Gasteiger partial charge < -0.3 is 4.74 Å². The van der Waals surface area contributed by atoms with Gasteiger partial charge in [-0.05, 0) is 30.7 Å². The molecule has 0 unspecified atom stereocenters. The number of imide groups is 1. The predicted molar refractivity (Wildman–Crippen MR) is 97.5 cm³/mol. The van der Waals surface area contributed by atoms with E-state index in [1.807, 2.05) is 6.07 Å². The molecular formula is C20H17N3O4. The number of nitrogens with zero attached hydrogens (tertiary/aromatic N) is 3. The van der Waals surface area contributed by atoms with Crippen LogP contribution in [0.5, 0.6) is 0 Å². The van der Waals surface area contributed by atoms with Crippen LogP contribution in [0.15, 0.2) is 48.7 Å². The monoisotopic (exact) mass is 363 g/mol. The van der Waals surface area contributed by atoms with Crippen LogP contribution in [0.2, 0.25) is 0 Å². The molecule has 0 saturated heterocycles. The van der Waals surface area contributed by atoms with Crippen molar-refractivity contribution in [2.24, 2.45) is 0 Å². The summed E-state index contributed by atoms with van der Waals surface area (Å²) in [6, 6.07) is 12.2. The number of rotatable bonds is 5. The van der Waals surface area contributed by atoms with Crippen LogP contribution in [-0.2, 0) is 11.3 Å². The number of ether oxygens (including phenoxy) is 1. The van der Waals surface area contributed by atoms with Gasteiger partial charge in [-0.2, -0.15) is 5.10 Å². The van der Waals surface area contributed by atoms with Crippen LogP contribution in [-0.4, -0.2) is 46.1 Å².